The molecule has 2 aromatic rings. The molecule has 2 N–H and O–H groups in total. The summed E-state index contributed by atoms with van der Waals surface area (Å²) in [5.74, 6) is 0.517. The van der Waals surface area contributed by atoms with E-state index < -0.39 is 0 Å². The highest BCUT2D eigenvalue weighted by atomic mass is 35.5. The van der Waals surface area contributed by atoms with Gasteiger partial charge in [0.1, 0.15) is 11.6 Å². The Balaban J connectivity index is 1.84. The second kappa shape index (κ2) is 7.43. The molecule has 112 valence electrons. The Morgan fingerprint density at radius 2 is 2.00 bits per heavy atom. The van der Waals surface area contributed by atoms with E-state index in [1.807, 2.05) is 31.2 Å². The molecule has 0 amide bonds. The molecule has 0 bridgehead atoms. The first kappa shape index (κ1) is 15.8. The third-order valence-electron chi connectivity index (χ3n) is 3.27. The fourth-order valence-corrected chi connectivity index (χ4v) is 2.37. The summed E-state index contributed by atoms with van der Waals surface area (Å²) in [6.45, 7) is 2.51. The standard InChI is InChI=1S/C17H19ClFNO/c1-12-4-2-5-14(10-12)21-9-8-13(20)11-15-16(18)6-3-7-17(15)19/h2-7,10,13H,8-9,11,20H2,1H3. The first-order valence-corrected chi connectivity index (χ1v) is 7.32. The lowest BCUT2D eigenvalue weighted by atomic mass is 10.0. The molecule has 1 atom stereocenters. The van der Waals surface area contributed by atoms with Crippen molar-refractivity contribution in [1.29, 1.82) is 0 Å². The maximum atomic E-state index is 13.7. The fraction of sp³-hybridized carbons (Fsp3) is 0.294. The van der Waals surface area contributed by atoms with E-state index in [0.717, 1.165) is 11.3 Å². The topological polar surface area (TPSA) is 35.2 Å². The quantitative estimate of drug-likeness (QED) is 0.871. The molecule has 4 heteroatoms. The summed E-state index contributed by atoms with van der Waals surface area (Å²) in [5.41, 5.74) is 7.65. The maximum absolute atomic E-state index is 13.7. The Morgan fingerprint density at radius 1 is 1.24 bits per heavy atom. The van der Waals surface area contributed by atoms with Crippen molar-refractivity contribution in [1.82, 2.24) is 0 Å². The molecule has 0 aromatic heterocycles. The van der Waals surface area contributed by atoms with Crippen LogP contribution in [0.4, 0.5) is 4.39 Å². The van der Waals surface area contributed by atoms with Gasteiger partial charge in [-0.3, -0.25) is 0 Å². The molecule has 0 fully saturated rings. The maximum Gasteiger partial charge on any atom is 0.127 e. The second-order valence-corrected chi connectivity index (χ2v) is 5.53. The third-order valence-corrected chi connectivity index (χ3v) is 3.63. The van der Waals surface area contributed by atoms with Crippen molar-refractivity contribution in [2.75, 3.05) is 6.61 Å². The highest BCUT2D eigenvalue weighted by Gasteiger charge is 2.12. The average molecular weight is 308 g/mol. The summed E-state index contributed by atoms with van der Waals surface area (Å²) in [6.07, 6.45) is 1.04. The lowest BCUT2D eigenvalue weighted by Gasteiger charge is -2.14. The molecule has 2 nitrogen and oxygen atoms in total. The number of aryl methyl sites for hydroxylation is 1. The Morgan fingerprint density at radius 3 is 2.71 bits per heavy atom. The molecule has 0 aliphatic heterocycles. The zero-order valence-electron chi connectivity index (χ0n) is 12.0. The smallest absolute Gasteiger partial charge is 0.127 e. The van der Waals surface area contributed by atoms with Gasteiger partial charge in [0, 0.05) is 16.6 Å². The van der Waals surface area contributed by atoms with Gasteiger partial charge in [0.2, 0.25) is 0 Å². The van der Waals surface area contributed by atoms with Crippen LogP contribution in [0.15, 0.2) is 42.5 Å². The molecular formula is C17H19ClFNO. The molecule has 0 aliphatic rings. The van der Waals surface area contributed by atoms with Crippen LogP contribution < -0.4 is 10.5 Å². The van der Waals surface area contributed by atoms with Crippen LogP contribution in [0.3, 0.4) is 0 Å². The summed E-state index contributed by atoms with van der Waals surface area (Å²) in [7, 11) is 0. The van der Waals surface area contributed by atoms with Gasteiger partial charge in [-0.25, -0.2) is 4.39 Å². The first-order chi connectivity index (χ1) is 10.1. The van der Waals surface area contributed by atoms with Crippen LogP contribution in [0.2, 0.25) is 5.02 Å². The number of benzene rings is 2. The van der Waals surface area contributed by atoms with Gasteiger partial charge >= 0.3 is 0 Å². The monoisotopic (exact) mass is 307 g/mol. The predicted molar refractivity (Wildman–Crippen MR) is 84.4 cm³/mol. The third kappa shape index (κ3) is 4.73. The number of ether oxygens (including phenoxy) is 1. The predicted octanol–water partition coefficient (Wildman–Crippen LogP) is 4.13. The Kier molecular flexibility index (Phi) is 5.59. The van der Waals surface area contributed by atoms with Gasteiger partial charge < -0.3 is 10.5 Å². The molecule has 0 radical (unpaired) electrons. The van der Waals surface area contributed by atoms with Crippen LogP contribution in [0.1, 0.15) is 17.5 Å². The van der Waals surface area contributed by atoms with E-state index in [4.69, 9.17) is 22.1 Å². The van der Waals surface area contributed by atoms with Crippen molar-refractivity contribution in [2.24, 2.45) is 5.73 Å². The van der Waals surface area contributed by atoms with Crippen molar-refractivity contribution in [2.45, 2.75) is 25.8 Å². The SMILES string of the molecule is Cc1cccc(OCCC(N)Cc2c(F)cccc2Cl)c1. The molecule has 2 rings (SSSR count). The average Bonchev–Trinajstić information content (AvgIpc) is 2.43. The minimum absolute atomic E-state index is 0.191. The molecule has 1 unspecified atom stereocenters. The van der Waals surface area contributed by atoms with Crippen molar-refractivity contribution in [3.8, 4) is 5.75 Å². The molecule has 2 aromatic carbocycles. The van der Waals surface area contributed by atoms with Gasteiger partial charge in [0.05, 0.1) is 6.61 Å². The minimum atomic E-state index is -0.308. The van der Waals surface area contributed by atoms with E-state index in [0.29, 0.717) is 30.0 Å². The van der Waals surface area contributed by atoms with E-state index in [1.54, 1.807) is 12.1 Å². The van der Waals surface area contributed by atoms with E-state index in [2.05, 4.69) is 0 Å². The van der Waals surface area contributed by atoms with Crippen LogP contribution in [0.5, 0.6) is 5.75 Å². The Labute approximate surface area is 129 Å². The lowest BCUT2D eigenvalue weighted by molar-refractivity contribution is 0.296. The van der Waals surface area contributed by atoms with Gasteiger partial charge in [0.25, 0.3) is 0 Å². The van der Waals surface area contributed by atoms with Gasteiger partial charge in [-0.15, -0.1) is 0 Å². The summed E-state index contributed by atoms with van der Waals surface area (Å²) in [5, 5.41) is 0.421. The Bertz CT molecular complexity index is 583. The summed E-state index contributed by atoms with van der Waals surface area (Å²) >= 11 is 5.99. The summed E-state index contributed by atoms with van der Waals surface area (Å²) < 4.78 is 19.3. The van der Waals surface area contributed by atoms with Crippen molar-refractivity contribution in [3.05, 3.63) is 64.4 Å². The van der Waals surface area contributed by atoms with E-state index in [9.17, 15) is 4.39 Å². The van der Waals surface area contributed by atoms with E-state index in [-0.39, 0.29) is 11.9 Å². The normalized spacial score (nSPS) is 12.2. The van der Waals surface area contributed by atoms with Gasteiger partial charge in [-0.05, 0) is 49.6 Å². The molecule has 0 saturated heterocycles. The minimum Gasteiger partial charge on any atom is -0.494 e. The zero-order valence-corrected chi connectivity index (χ0v) is 12.7. The summed E-state index contributed by atoms with van der Waals surface area (Å²) in [4.78, 5) is 0. The number of halogens is 2. The van der Waals surface area contributed by atoms with E-state index >= 15 is 0 Å². The van der Waals surface area contributed by atoms with Crippen LogP contribution in [0, 0.1) is 12.7 Å². The lowest BCUT2D eigenvalue weighted by Crippen LogP contribution is -2.26. The fourth-order valence-electron chi connectivity index (χ4n) is 2.12. The van der Waals surface area contributed by atoms with E-state index in [1.165, 1.54) is 6.07 Å². The van der Waals surface area contributed by atoms with Crippen LogP contribution in [-0.2, 0) is 6.42 Å². The first-order valence-electron chi connectivity index (χ1n) is 6.94. The van der Waals surface area contributed by atoms with Crippen LogP contribution >= 0.6 is 11.6 Å². The number of nitrogens with two attached hydrogens (primary N) is 1. The molecule has 0 spiro atoms. The van der Waals surface area contributed by atoms with Gasteiger partial charge in [0.15, 0.2) is 0 Å². The van der Waals surface area contributed by atoms with Crippen molar-refractivity contribution < 1.29 is 9.13 Å². The van der Waals surface area contributed by atoms with Crippen LogP contribution in [-0.4, -0.2) is 12.6 Å². The second-order valence-electron chi connectivity index (χ2n) is 5.12. The van der Waals surface area contributed by atoms with Crippen molar-refractivity contribution >= 4 is 11.6 Å². The summed E-state index contributed by atoms with van der Waals surface area (Å²) in [6, 6.07) is 12.3. The van der Waals surface area contributed by atoms with Gasteiger partial charge in [-0.2, -0.15) is 0 Å². The largest absolute Gasteiger partial charge is 0.494 e. The molecule has 0 aliphatic carbocycles. The zero-order chi connectivity index (χ0) is 15.2. The molecule has 21 heavy (non-hydrogen) atoms. The number of hydrogen-bond donors (Lipinski definition) is 1. The number of hydrogen-bond acceptors (Lipinski definition) is 2. The molecular weight excluding hydrogens is 289 g/mol. The van der Waals surface area contributed by atoms with Crippen molar-refractivity contribution in [3.63, 3.8) is 0 Å². The Hall–Kier alpha value is -1.58. The molecule has 0 saturated carbocycles. The highest BCUT2D eigenvalue weighted by Crippen LogP contribution is 2.21. The highest BCUT2D eigenvalue weighted by molar-refractivity contribution is 6.31. The molecule has 0 heterocycles. The van der Waals surface area contributed by atoms with Crippen LogP contribution in [0.25, 0.3) is 0 Å². The van der Waals surface area contributed by atoms with Gasteiger partial charge in [-0.1, -0.05) is 29.8 Å². The number of rotatable bonds is 6.